The van der Waals surface area contributed by atoms with E-state index in [1.165, 1.54) is 10.5 Å². The molecule has 2 aromatic rings. The molecule has 0 saturated carbocycles. The van der Waals surface area contributed by atoms with E-state index >= 15 is 0 Å². The molecule has 0 aliphatic carbocycles. The molecular weight excluding hydrogens is 268 g/mol. The maximum absolute atomic E-state index is 10.1. The smallest absolute Gasteiger partial charge is 0.0690 e. The number of aryl methyl sites for hydroxylation is 1. The van der Waals surface area contributed by atoms with Crippen LogP contribution in [0.1, 0.15) is 31.1 Å². The number of nitrogens with zero attached hydrogens (tertiary/aromatic N) is 2. The van der Waals surface area contributed by atoms with E-state index in [9.17, 15) is 5.11 Å². The third kappa shape index (κ3) is 4.12. The molecule has 3 nitrogen and oxygen atoms in total. The molecule has 1 unspecified atom stereocenters. The van der Waals surface area contributed by atoms with E-state index in [2.05, 4.69) is 38.0 Å². The van der Waals surface area contributed by atoms with Crippen molar-refractivity contribution in [3.63, 3.8) is 0 Å². The Labute approximate surface area is 125 Å². The second-order valence-electron chi connectivity index (χ2n) is 5.32. The van der Waals surface area contributed by atoms with Crippen molar-refractivity contribution in [3.8, 4) is 0 Å². The second kappa shape index (κ2) is 6.95. The van der Waals surface area contributed by atoms with Crippen LogP contribution in [0.5, 0.6) is 0 Å². The third-order valence-corrected chi connectivity index (χ3v) is 4.48. The van der Waals surface area contributed by atoms with E-state index in [-0.39, 0.29) is 6.10 Å². The van der Waals surface area contributed by atoms with Gasteiger partial charge in [-0.05, 0) is 38.5 Å². The minimum atomic E-state index is -0.366. The van der Waals surface area contributed by atoms with Gasteiger partial charge in [-0.15, -0.1) is 11.8 Å². The predicted octanol–water partition coefficient (Wildman–Crippen LogP) is 3.47. The number of hydrogen-bond donors (Lipinski definition) is 1. The van der Waals surface area contributed by atoms with Crippen LogP contribution in [-0.4, -0.2) is 26.7 Å². The molecule has 4 heteroatoms. The van der Waals surface area contributed by atoms with Crippen LogP contribution in [0.15, 0.2) is 41.4 Å². The van der Waals surface area contributed by atoms with Crippen LogP contribution in [-0.2, 0) is 6.42 Å². The Bertz CT molecular complexity index is 551. The van der Waals surface area contributed by atoms with Gasteiger partial charge in [0.1, 0.15) is 0 Å². The van der Waals surface area contributed by atoms with Crippen LogP contribution < -0.4 is 0 Å². The Morgan fingerprint density at radius 3 is 2.65 bits per heavy atom. The summed E-state index contributed by atoms with van der Waals surface area (Å²) in [5.74, 6) is 0.694. The minimum absolute atomic E-state index is 0.363. The van der Waals surface area contributed by atoms with Gasteiger partial charge >= 0.3 is 0 Å². The lowest BCUT2D eigenvalue weighted by Gasteiger charge is -2.10. The molecule has 1 atom stereocenters. The number of hydrogen-bond acceptors (Lipinski definition) is 3. The standard InChI is InChI=1S/C16H22N2OS/c1-12(2)18-9-8-14(17-18)10-15(19)11-20-16-7-5-4-6-13(16)3/h4-9,12,15,19H,10-11H2,1-3H3. The first-order valence-electron chi connectivity index (χ1n) is 6.97. The topological polar surface area (TPSA) is 38.0 Å². The molecule has 1 aromatic heterocycles. The van der Waals surface area contributed by atoms with Gasteiger partial charge in [-0.3, -0.25) is 4.68 Å². The average Bonchev–Trinajstić information content (AvgIpc) is 2.86. The Morgan fingerprint density at radius 2 is 2.00 bits per heavy atom. The molecule has 1 aromatic carbocycles. The minimum Gasteiger partial charge on any atom is -0.392 e. The summed E-state index contributed by atoms with van der Waals surface area (Å²) in [6.45, 7) is 6.29. The average molecular weight is 290 g/mol. The summed E-state index contributed by atoms with van der Waals surface area (Å²) < 4.78 is 1.93. The highest BCUT2D eigenvalue weighted by atomic mass is 32.2. The summed E-state index contributed by atoms with van der Waals surface area (Å²) in [6, 6.07) is 10.6. The van der Waals surface area contributed by atoms with Crippen LogP contribution in [0.2, 0.25) is 0 Å². The van der Waals surface area contributed by atoms with Crippen molar-refractivity contribution in [2.24, 2.45) is 0 Å². The third-order valence-electron chi connectivity index (χ3n) is 3.16. The fraction of sp³-hybridized carbons (Fsp3) is 0.438. The fourth-order valence-corrected chi connectivity index (χ4v) is 2.94. The monoisotopic (exact) mass is 290 g/mol. The number of aliphatic hydroxyl groups excluding tert-OH is 1. The lowest BCUT2D eigenvalue weighted by molar-refractivity contribution is 0.198. The van der Waals surface area contributed by atoms with Crippen LogP contribution in [0.4, 0.5) is 0 Å². The van der Waals surface area contributed by atoms with Gasteiger partial charge in [-0.2, -0.15) is 5.10 Å². The van der Waals surface area contributed by atoms with E-state index in [0.29, 0.717) is 18.2 Å². The van der Waals surface area contributed by atoms with Gasteiger partial charge in [0.15, 0.2) is 0 Å². The van der Waals surface area contributed by atoms with Crippen molar-refractivity contribution in [2.75, 3.05) is 5.75 Å². The highest BCUT2D eigenvalue weighted by Gasteiger charge is 2.10. The molecule has 0 radical (unpaired) electrons. The van der Waals surface area contributed by atoms with Gasteiger partial charge in [0.25, 0.3) is 0 Å². The molecule has 1 heterocycles. The molecule has 0 fully saturated rings. The lowest BCUT2D eigenvalue weighted by Crippen LogP contribution is -2.14. The highest BCUT2D eigenvalue weighted by Crippen LogP contribution is 2.23. The van der Waals surface area contributed by atoms with Gasteiger partial charge < -0.3 is 5.11 Å². The largest absolute Gasteiger partial charge is 0.392 e. The van der Waals surface area contributed by atoms with Crippen molar-refractivity contribution in [2.45, 2.75) is 44.2 Å². The Balaban J connectivity index is 1.86. The van der Waals surface area contributed by atoms with Crippen molar-refractivity contribution in [1.29, 1.82) is 0 Å². The van der Waals surface area contributed by atoms with Gasteiger partial charge in [-0.25, -0.2) is 0 Å². The van der Waals surface area contributed by atoms with E-state index in [1.807, 2.05) is 29.1 Å². The molecule has 1 N–H and O–H groups in total. The highest BCUT2D eigenvalue weighted by molar-refractivity contribution is 7.99. The van der Waals surface area contributed by atoms with Gasteiger partial charge in [0.2, 0.25) is 0 Å². The zero-order valence-corrected chi connectivity index (χ0v) is 13.1. The van der Waals surface area contributed by atoms with Gasteiger partial charge in [0, 0.05) is 29.3 Å². The molecule has 0 saturated heterocycles. The number of rotatable bonds is 6. The zero-order valence-electron chi connectivity index (χ0n) is 12.3. The van der Waals surface area contributed by atoms with E-state index in [0.717, 1.165) is 5.69 Å². The number of benzene rings is 1. The molecular formula is C16H22N2OS. The van der Waals surface area contributed by atoms with Crippen molar-refractivity contribution >= 4 is 11.8 Å². The Kier molecular flexibility index (Phi) is 5.26. The van der Waals surface area contributed by atoms with Gasteiger partial charge in [0.05, 0.1) is 11.8 Å². The number of aliphatic hydroxyl groups is 1. The molecule has 0 aliphatic heterocycles. The SMILES string of the molecule is Cc1ccccc1SCC(O)Cc1ccn(C(C)C)n1. The van der Waals surface area contributed by atoms with E-state index in [4.69, 9.17) is 0 Å². The summed E-state index contributed by atoms with van der Waals surface area (Å²) in [5, 5.41) is 14.6. The summed E-state index contributed by atoms with van der Waals surface area (Å²) >= 11 is 1.70. The summed E-state index contributed by atoms with van der Waals surface area (Å²) in [6.07, 6.45) is 2.22. The van der Waals surface area contributed by atoms with Crippen LogP contribution in [0, 0.1) is 6.92 Å². The molecule has 108 valence electrons. The molecule has 20 heavy (non-hydrogen) atoms. The van der Waals surface area contributed by atoms with Crippen molar-refractivity contribution in [1.82, 2.24) is 9.78 Å². The summed E-state index contributed by atoms with van der Waals surface area (Å²) in [4.78, 5) is 1.24. The number of thioether (sulfide) groups is 1. The molecule has 2 rings (SSSR count). The molecule has 0 amide bonds. The first-order chi connectivity index (χ1) is 9.56. The fourth-order valence-electron chi connectivity index (χ4n) is 1.98. The summed E-state index contributed by atoms with van der Waals surface area (Å²) in [5.41, 5.74) is 2.21. The maximum atomic E-state index is 10.1. The molecule has 0 bridgehead atoms. The first kappa shape index (κ1) is 15.1. The Hall–Kier alpha value is -1.26. The quantitative estimate of drug-likeness (QED) is 0.828. The Morgan fingerprint density at radius 1 is 1.25 bits per heavy atom. The second-order valence-corrected chi connectivity index (χ2v) is 6.38. The van der Waals surface area contributed by atoms with Crippen molar-refractivity contribution in [3.05, 3.63) is 47.8 Å². The van der Waals surface area contributed by atoms with Crippen molar-refractivity contribution < 1.29 is 5.11 Å². The van der Waals surface area contributed by atoms with E-state index < -0.39 is 0 Å². The van der Waals surface area contributed by atoms with Crippen LogP contribution >= 0.6 is 11.8 Å². The van der Waals surface area contributed by atoms with Gasteiger partial charge in [-0.1, -0.05) is 18.2 Å². The lowest BCUT2D eigenvalue weighted by atomic mass is 10.2. The van der Waals surface area contributed by atoms with Crippen LogP contribution in [0.3, 0.4) is 0 Å². The zero-order chi connectivity index (χ0) is 14.5. The maximum Gasteiger partial charge on any atom is 0.0690 e. The summed E-state index contributed by atoms with van der Waals surface area (Å²) in [7, 11) is 0. The molecule has 0 spiro atoms. The van der Waals surface area contributed by atoms with E-state index in [1.54, 1.807) is 11.8 Å². The number of aromatic nitrogens is 2. The van der Waals surface area contributed by atoms with Crippen LogP contribution in [0.25, 0.3) is 0 Å². The normalized spacial score (nSPS) is 12.8. The molecule has 0 aliphatic rings. The predicted molar refractivity (Wildman–Crippen MR) is 84.2 cm³/mol. The first-order valence-corrected chi connectivity index (χ1v) is 7.95.